The van der Waals surface area contributed by atoms with E-state index < -0.39 is 0 Å². The van der Waals surface area contributed by atoms with E-state index in [1.165, 1.54) is 34.4 Å². The second-order valence-corrected chi connectivity index (χ2v) is 7.92. The summed E-state index contributed by atoms with van der Waals surface area (Å²) in [5, 5.41) is 12.6. The maximum atomic E-state index is 11.8. The first kappa shape index (κ1) is 15.6. The Bertz CT molecular complexity index is 758. The van der Waals surface area contributed by atoms with Crippen molar-refractivity contribution >= 4 is 61.4 Å². The molecule has 3 rings (SSSR count). The van der Waals surface area contributed by atoms with Crippen LogP contribution in [-0.4, -0.2) is 26.8 Å². The van der Waals surface area contributed by atoms with Gasteiger partial charge in [0.1, 0.15) is 5.51 Å². The predicted octanol–water partition coefficient (Wildman–Crippen LogP) is 4.15. The van der Waals surface area contributed by atoms with E-state index in [1.807, 2.05) is 29.6 Å². The summed E-state index contributed by atoms with van der Waals surface area (Å²) in [6.45, 7) is 0. The van der Waals surface area contributed by atoms with Crippen LogP contribution in [0.5, 0.6) is 0 Å². The van der Waals surface area contributed by atoms with Crippen LogP contribution in [0, 0.1) is 0 Å². The number of halogens is 1. The second kappa shape index (κ2) is 7.32. The maximum absolute atomic E-state index is 11.8. The van der Waals surface area contributed by atoms with Gasteiger partial charge in [-0.3, -0.25) is 10.1 Å². The van der Waals surface area contributed by atoms with E-state index in [4.69, 9.17) is 0 Å². The van der Waals surface area contributed by atoms with Gasteiger partial charge in [-0.15, -0.1) is 21.5 Å². The summed E-state index contributed by atoms with van der Waals surface area (Å²) in [5.41, 5.74) is 3.56. The van der Waals surface area contributed by atoms with Crippen LogP contribution >= 0.6 is 50.4 Å². The number of aromatic nitrogens is 3. The molecule has 0 spiro atoms. The fraction of sp³-hybridized carbons (Fsp3) is 0.0769. The van der Waals surface area contributed by atoms with Gasteiger partial charge in [-0.1, -0.05) is 51.2 Å². The molecule has 5 nitrogen and oxygen atoms in total. The van der Waals surface area contributed by atoms with Gasteiger partial charge in [-0.05, 0) is 12.1 Å². The Hall–Kier alpha value is -1.29. The van der Waals surface area contributed by atoms with Crippen molar-refractivity contribution in [2.75, 3.05) is 11.1 Å². The number of thiazole rings is 1. The number of rotatable bonds is 5. The number of hydrogen-bond acceptors (Lipinski definition) is 7. The Kier molecular flexibility index (Phi) is 5.19. The van der Waals surface area contributed by atoms with E-state index in [0.717, 1.165) is 20.1 Å². The van der Waals surface area contributed by atoms with Crippen molar-refractivity contribution in [2.45, 2.75) is 4.34 Å². The molecule has 1 aromatic carbocycles. The molecule has 3 aromatic rings. The Morgan fingerprint density at radius 3 is 2.82 bits per heavy atom. The van der Waals surface area contributed by atoms with Crippen LogP contribution in [0.3, 0.4) is 0 Å². The minimum absolute atomic E-state index is 0.109. The van der Waals surface area contributed by atoms with Crippen LogP contribution in [0.2, 0.25) is 0 Å². The molecule has 1 amide bonds. The number of thioether (sulfide) groups is 1. The lowest BCUT2D eigenvalue weighted by Crippen LogP contribution is -2.13. The number of anilines is 1. The Morgan fingerprint density at radius 2 is 2.09 bits per heavy atom. The quantitative estimate of drug-likeness (QED) is 0.637. The number of carbonyl (C=O) groups excluding carboxylic acids is 1. The van der Waals surface area contributed by atoms with Crippen molar-refractivity contribution in [1.29, 1.82) is 0 Å². The summed E-state index contributed by atoms with van der Waals surface area (Å²) in [7, 11) is 0. The number of amides is 1. The van der Waals surface area contributed by atoms with Gasteiger partial charge < -0.3 is 0 Å². The molecule has 0 aliphatic rings. The molecule has 0 fully saturated rings. The van der Waals surface area contributed by atoms with Crippen LogP contribution in [-0.2, 0) is 4.79 Å². The van der Waals surface area contributed by atoms with E-state index in [-0.39, 0.29) is 5.91 Å². The number of nitrogens with zero attached hydrogens (tertiary/aromatic N) is 3. The lowest BCUT2D eigenvalue weighted by Gasteiger charge is -1.99. The normalized spacial score (nSPS) is 10.6. The van der Waals surface area contributed by atoms with Gasteiger partial charge in [0.15, 0.2) is 4.34 Å². The first-order valence-corrected chi connectivity index (χ1v) is 9.65. The summed E-state index contributed by atoms with van der Waals surface area (Å²) >= 11 is 7.65. The fourth-order valence-electron chi connectivity index (χ4n) is 1.59. The zero-order valence-electron chi connectivity index (χ0n) is 11.0. The summed E-state index contributed by atoms with van der Waals surface area (Å²) in [6, 6.07) is 7.99. The van der Waals surface area contributed by atoms with Gasteiger partial charge in [0, 0.05) is 15.4 Å². The summed E-state index contributed by atoms with van der Waals surface area (Å²) < 4.78 is 1.90. The Morgan fingerprint density at radius 1 is 1.27 bits per heavy atom. The highest BCUT2D eigenvalue weighted by Gasteiger charge is 2.09. The average molecular weight is 413 g/mol. The van der Waals surface area contributed by atoms with Crippen molar-refractivity contribution in [1.82, 2.24) is 15.2 Å². The zero-order valence-corrected chi connectivity index (χ0v) is 15.1. The largest absolute Gasteiger partial charge is 0.300 e. The van der Waals surface area contributed by atoms with E-state index in [0.29, 0.717) is 10.9 Å². The topological polar surface area (TPSA) is 67.8 Å². The first-order valence-electron chi connectivity index (χ1n) is 6.11. The van der Waals surface area contributed by atoms with E-state index in [9.17, 15) is 4.79 Å². The zero-order chi connectivity index (χ0) is 15.4. The minimum atomic E-state index is -0.109. The molecule has 0 saturated heterocycles. The highest BCUT2D eigenvalue weighted by molar-refractivity contribution is 9.10. The molecule has 0 atom stereocenters. The third-order valence-corrected chi connectivity index (χ3v) is 5.71. The molecule has 9 heteroatoms. The molecule has 2 aromatic heterocycles. The van der Waals surface area contributed by atoms with Crippen molar-refractivity contribution in [3.8, 4) is 11.3 Å². The van der Waals surface area contributed by atoms with Gasteiger partial charge >= 0.3 is 0 Å². The predicted molar refractivity (Wildman–Crippen MR) is 94.5 cm³/mol. The third kappa shape index (κ3) is 4.13. The van der Waals surface area contributed by atoms with Crippen LogP contribution < -0.4 is 5.32 Å². The molecule has 0 saturated carbocycles. The van der Waals surface area contributed by atoms with Crippen molar-refractivity contribution in [2.24, 2.45) is 0 Å². The fourth-order valence-corrected chi connectivity index (χ4v) is 3.95. The lowest BCUT2D eigenvalue weighted by molar-refractivity contribution is -0.113. The van der Waals surface area contributed by atoms with Crippen molar-refractivity contribution in [3.05, 3.63) is 39.6 Å². The van der Waals surface area contributed by atoms with E-state index >= 15 is 0 Å². The highest BCUT2D eigenvalue weighted by Crippen LogP contribution is 2.29. The van der Waals surface area contributed by atoms with Gasteiger partial charge in [0.05, 0.1) is 11.4 Å². The van der Waals surface area contributed by atoms with Crippen molar-refractivity contribution < 1.29 is 4.79 Å². The second-order valence-electron chi connectivity index (χ2n) is 4.09. The van der Waals surface area contributed by atoms with E-state index in [1.54, 1.807) is 5.51 Å². The van der Waals surface area contributed by atoms with E-state index in [2.05, 4.69) is 36.4 Å². The monoisotopic (exact) mass is 412 g/mol. The molecular weight excluding hydrogens is 404 g/mol. The highest BCUT2D eigenvalue weighted by atomic mass is 79.9. The van der Waals surface area contributed by atoms with Gasteiger partial charge in [0.25, 0.3) is 0 Å². The summed E-state index contributed by atoms with van der Waals surface area (Å²) in [4.78, 5) is 16.3. The summed E-state index contributed by atoms with van der Waals surface area (Å²) in [6.07, 6.45) is 0. The van der Waals surface area contributed by atoms with Gasteiger partial charge in [0.2, 0.25) is 11.0 Å². The molecule has 2 heterocycles. The average Bonchev–Trinajstić information content (AvgIpc) is 3.17. The molecule has 1 N–H and O–H groups in total. The molecule has 0 aliphatic carbocycles. The third-order valence-electron chi connectivity index (χ3n) is 2.56. The SMILES string of the molecule is O=C(CSc1nc(-c2ccc(Br)cc2)cs1)Nc1nncs1. The summed E-state index contributed by atoms with van der Waals surface area (Å²) in [5.74, 6) is 0.189. The number of carbonyl (C=O) groups is 1. The smallest absolute Gasteiger partial charge is 0.236 e. The van der Waals surface area contributed by atoms with Gasteiger partial charge in [-0.2, -0.15) is 0 Å². The van der Waals surface area contributed by atoms with Crippen LogP contribution in [0.1, 0.15) is 0 Å². The molecule has 0 bridgehead atoms. The van der Waals surface area contributed by atoms with Gasteiger partial charge in [-0.25, -0.2) is 4.98 Å². The molecule has 0 aliphatic heterocycles. The number of benzene rings is 1. The molecule has 0 unspecified atom stereocenters. The lowest BCUT2D eigenvalue weighted by atomic mass is 10.2. The molecular formula is C13H9BrN4OS3. The minimum Gasteiger partial charge on any atom is -0.300 e. The van der Waals surface area contributed by atoms with Crippen LogP contribution in [0.15, 0.2) is 44.0 Å². The molecule has 0 radical (unpaired) electrons. The number of hydrogen-bond donors (Lipinski definition) is 1. The molecule has 112 valence electrons. The maximum Gasteiger partial charge on any atom is 0.236 e. The first-order chi connectivity index (χ1) is 10.7. The standard InChI is InChI=1S/C13H9BrN4OS3/c14-9-3-1-8(2-4-9)10-5-20-13(16-10)21-6-11(19)17-12-18-15-7-22-12/h1-5,7H,6H2,(H,17,18,19). The van der Waals surface area contributed by atoms with Crippen LogP contribution in [0.4, 0.5) is 5.13 Å². The Labute approximate surface area is 147 Å². The molecule has 22 heavy (non-hydrogen) atoms. The van der Waals surface area contributed by atoms with Crippen LogP contribution in [0.25, 0.3) is 11.3 Å². The number of nitrogens with one attached hydrogen (secondary N) is 1. The van der Waals surface area contributed by atoms with Crippen molar-refractivity contribution in [3.63, 3.8) is 0 Å². The Balaban J connectivity index is 1.57.